The van der Waals surface area contributed by atoms with Gasteiger partial charge in [0.1, 0.15) is 6.54 Å². The zero-order valence-electron chi connectivity index (χ0n) is 21.3. The second kappa shape index (κ2) is 9.53. The first kappa shape index (κ1) is 25.0. The maximum absolute atomic E-state index is 13.1. The van der Waals surface area contributed by atoms with E-state index in [0.717, 1.165) is 46.3 Å². The van der Waals surface area contributed by atoms with E-state index >= 15 is 0 Å². The number of aryl methyl sites for hydroxylation is 2. The number of hydrogen-bond acceptors (Lipinski definition) is 5. The molecule has 3 amide bonds. The summed E-state index contributed by atoms with van der Waals surface area (Å²) in [6, 6.07) is 11.8. The van der Waals surface area contributed by atoms with Gasteiger partial charge in [0.2, 0.25) is 5.91 Å². The number of carbonyl (C=O) groups is 3. The quantitative estimate of drug-likeness (QED) is 0.513. The summed E-state index contributed by atoms with van der Waals surface area (Å²) in [7, 11) is 0. The van der Waals surface area contributed by atoms with Crippen LogP contribution in [0.5, 0.6) is 0 Å². The molecule has 0 aliphatic carbocycles. The van der Waals surface area contributed by atoms with Gasteiger partial charge in [0.05, 0.1) is 4.91 Å². The molecule has 0 spiro atoms. The molecule has 35 heavy (non-hydrogen) atoms. The van der Waals surface area contributed by atoms with E-state index < -0.39 is 17.1 Å². The Kier molecular flexibility index (Phi) is 6.82. The fraction of sp³-hybridized carbons (Fsp3) is 0.393. The third kappa shape index (κ3) is 4.87. The van der Waals surface area contributed by atoms with E-state index in [1.54, 1.807) is 12.1 Å². The van der Waals surface area contributed by atoms with Crippen molar-refractivity contribution in [1.29, 1.82) is 0 Å². The lowest BCUT2D eigenvalue weighted by Gasteiger charge is -2.47. The predicted molar refractivity (Wildman–Crippen MR) is 144 cm³/mol. The van der Waals surface area contributed by atoms with Crippen molar-refractivity contribution in [2.24, 2.45) is 0 Å². The van der Waals surface area contributed by atoms with Gasteiger partial charge < -0.3 is 10.2 Å². The molecule has 2 heterocycles. The minimum atomic E-state index is -0.429. The maximum Gasteiger partial charge on any atom is 0.294 e. The lowest BCUT2D eigenvalue weighted by molar-refractivity contribution is -0.127. The molecule has 6 nitrogen and oxygen atoms in total. The molecule has 0 bridgehead atoms. The Balaban J connectivity index is 1.56. The molecular weight excluding hydrogens is 458 g/mol. The van der Waals surface area contributed by atoms with Crippen LogP contribution in [-0.2, 0) is 9.59 Å². The molecular formula is C28H33N3O3S. The molecule has 0 aromatic heterocycles. The zero-order valence-corrected chi connectivity index (χ0v) is 22.1. The molecule has 0 unspecified atom stereocenters. The van der Waals surface area contributed by atoms with Crippen molar-refractivity contribution in [3.05, 3.63) is 63.6 Å². The summed E-state index contributed by atoms with van der Waals surface area (Å²) in [4.78, 5) is 42.0. The smallest absolute Gasteiger partial charge is 0.294 e. The summed E-state index contributed by atoms with van der Waals surface area (Å²) in [6.45, 7) is 13.5. The van der Waals surface area contributed by atoms with Gasteiger partial charge in [0.15, 0.2) is 0 Å². The molecule has 184 valence electrons. The van der Waals surface area contributed by atoms with E-state index in [9.17, 15) is 14.4 Å². The third-order valence-corrected chi connectivity index (χ3v) is 7.88. The Morgan fingerprint density at radius 2 is 1.89 bits per heavy atom. The van der Waals surface area contributed by atoms with Gasteiger partial charge in [-0.05, 0) is 105 Å². The van der Waals surface area contributed by atoms with Crippen LogP contribution in [0.3, 0.4) is 0 Å². The molecule has 1 fully saturated rings. The Bertz CT molecular complexity index is 1230. The van der Waals surface area contributed by atoms with Gasteiger partial charge in [-0.3, -0.25) is 19.3 Å². The zero-order chi connectivity index (χ0) is 25.5. The first-order valence-electron chi connectivity index (χ1n) is 12.0. The molecule has 2 aromatic rings. The van der Waals surface area contributed by atoms with Crippen LogP contribution < -0.4 is 10.2 Å². The number of para-hydroxylation sites is 1. The van der Waals surface area contributed by atoms with Gasteiger partial charge in [-0.15, -0.1) is 0 Å². The monoisotopic (exact) mass is 491 g/mol. The highest BCUT2D eigenvalue weighted by atomic mass is 32.2. The molecule has 2 aliphatic heterocycles. The summed E-state index contributed by atoms with van der Waals surface area (Å²) in [5.41, 5.74) is 6.15. The molecule has 1 N–H and O–H groups in total. The number of benzene rings is 2. The number of imide groups is 1. The van der Waals surface area contributed by atoms with Crippen LogP contribution in [0.25, 0.3) is 6.08 Å². The topological polar surface area (TPSA) is 69.7 Å². The van der Waals surface area contributed by atoms with Crippen LogP contribution >= 0.6 is 11.8 Å². The highest BCUT2D eigenvalue weighted by molar-refractivity contribution is 8.18. The van der Waals surface area contributed by atoms with Gasteiger partial charge in [0.25, 0.3) is 11.1 Å². The number of anilines is 2. The van der Waals surface area contributed by atoms with Gasteiger partial charge in [-0.25, -0.2) is 0 Å². The van der Waals surface area contributed by atoms with Crippen LogP contribution in [0.4, 0.5) is 16.2 Å². The van der Waals surface area contributed by atoms with Crippen LogP contribution in [0, 0.1) is 13.8 Å². The highest BCUT2D eigenvalue weighted by Gasteiger charge is 2.38. The van der Waals surface area contributed by atoms with Crippen molar-refractivity contribution in [2.75, 3.05) is 23.3 Å². The Labute approximate surface area is 211 Å². The summed E-state index contributed by atoms with van der Waals surface area (Å²) in [5.74, 6) is -0.443. The Hall–Kier alpha value is -3.06. The molecule has 1 saturated heterocycles. The second-order valence-corrected chi connectivity index (χ2v) is 11.1. The van der Waals surface area contributed by atoms with E-state index in [-0.39, 0.29) is 12.1 Å². The molecule has 4 rings (SSSR count). The van der Waals surface area contributed by atoms with E-state index in [0.29, 0.717) is 16.5 Å². The lowest BCUT2D eigenvalue weighted by Crippen LogP contribution is -2.48. The number of nitrogens with zero attached hydrogens (tertiary/aromatic N) is 2. The van der Waals surface area contributed by atoms with Crippen LogP contribution in [0.2, 0.25) is 0 Å². The van der Waals surface area contributed by atoms with Gasteiger partial charge >= 0.3 is 0 Å². The number of thioether (sulfide) groups is 1. The molecule has 0 radical (unpaired) electrons. The van der Waals surface area contributed by atoms with E-state index in [1.807, 2.05) is 32.0 Å². The summed E-state index contributed by atoms with van der Waals surface area (Å²) >= 11 is 0.888. The Morgan fingerprint density at radius 3 is 2.57 bits per heavy atom. The molecule has 0 saturated carbocycles. The average Bonchev–Trinajstić information content (AvgIpc) is 3.03. The highest BCUT2D eigenvalue weighted by Crippen LogP contribution is 2.45. The number of nitrogens with one attached hydrogen (secondary N) is 1. The largest absolute Gasteiger partial charge is 0.366 e. The first-order chi connectivity index (χ1) is 16.5. The number of amides is 3. The number of fused-ring (bicyclic) bond motifs is 1. The second-order valence-electron chi connectivity index (χ2n) is 10.1. The van der Waals surface area contributed by atoms with E-state index in [4.69, 9.17) is 0 Å². The number of rotatable bonds is 5. The maximum atomic E-state index is 13.1. The normalized spacial score (nSPS) is 20.4. The van der Waals surface area contributed by atoms with E-state index in [1.165, 1.54) is 11.3 Å². The van der Waals surface area contributed by atoms with Crippen LogP contribution in [-0.4, -0.2) is 40.6 Å². The van der Waals surface area contributed by atoms with Crippen molar-refractivity contribution in [3.63, 3.8) is 0 Å². The molecule has 2 aliphatic rings. The summed E-state index contributed by atoms with van der Waals surface area (Å²) in [6.07, 6.45) is 2.84. The SMILES string of the molecule is CCN1c2cc(C)c(/C=C3\SC(=O)N(CC(=O)Nc4ccccc4C)C3=O)cc2[C@H](C)CC1(C)C. The molecule has 7 heteroatoms. The van der Waals surface area contributed by atoms with Crippen molar-refractivity contribution in [2.45, 2.75) is 59.4 Å². The average molecular weight is 492 g/mol. The predicted octanol–water partition coefficient (Wildman–Crippen LogP) is 6.09. The standard InChI is InChI=1S/C28H33N3O3S/c1-7-31-23-12-18(3)20(13-21(23)19(4)15-28(31,5)6)14-24-26(33)30(27(34)35-24)16-25(32)29-22-11-9-8-10-17(22)2/h8-14,19H,7,15-16H2,1-6H3,(H,29,32)/b24-14-/t19-/m1/s1. The van der Waals surface area contributed by atoms with Crippen molar-refractivity contribution < 1.29 is 14.4 Å². The van der Waals surface area contributed by atoms with Gasteiger partial charge in [-0.1, -0.05) is 25.1 Å². The first-order valence-corrected chi connectivity index (χ1v) is 12.9. The fourth-order valence-electron chi connectivity index (χ4n) is 5.23. The molecule has 2 aromatic carbocycles. The fourth-order valence-corrected chi connectivity index (χ4v) is 6.06. The van der Waals surface area contributed by atoms with Crippen LogP contribution in [0.1, 0.15) is 62.3 Å². The molecule has 1 atom stereocenters. The number of hydrogen-bond donors (Lipinski definition) is 1. The third-order valence-electron chi connectivity index (χ3n) is 6.97. The van der Waals surface area contributed by atoms with Gasteiger partial charge in [0, 0.05) is 23.5 Å². The van der Waals surface area contributed by atoms with Crippen LogP contribution in [0.15, 0.2) is 41.3 Å². The minimum absolute atomic E-state index is 0.0800. The number of carbonyl (C=O) groups excluding carboxylic acids is 3. The minimum Gasteiger partial charge on any atom is -0.366 e. The van der Waals surface area contributed by atoms with Crippen molar-refractivity contribution in [1.82, 2.24) is 4.90 Å². The van der Waals surface area contributed by atoms with Crippen molar-refractivity contribution in [3.8, 4) is 0 Å². The summed E-state index contributed by atoms with van der Waals surface area (Å²) < 4.78 is 0. The van der Waals surface area contributed by atoms with E-state index in [2.05, 4.69) is 50.0 Å². The van der Waals surface area contributed by atoms with Crippen molar-refractivity contribution >= 4 is 46.3 Å². The summed E-state index contributed by atoms with van der Waals surface area (Å²) in [5, 5.41) is 2.36. The van der Waals surface area contributed by atoms with Gasteiger partial charge in [-0.2, -0.15) is 0 Å². The lowest BCUT2D eigenvalue weighted by atomic mass is 9.79. The Morgan fingerprint density at radius 1 is 1.17 bits per heavy atom.